The van der Waals surface area contributed by atoms with Crippen LogP contribution in [0.5, 0.6) is 0 Å². The van der Waals surface area contributed by atoms with Gasteiger partial charge in [-0.05, 0) is 29.7 Å². The molecule has 0 aliphatic heterocycles. The van der Waals surface area contributed by atoms with Gasteiger partial charge in [-0.25, -0.2) is 0 Å². The minimum absolute atomic E-state index is 0.587. The summed E-state index contributed by atoms with van der Waals surface area (Å²) >= 11 is 0. The first-order valence-electron chi connectivity index (χ1n) is 4.24. The maximum Gasteiger partial charge on any atom is 0.133 e. The van der Waals surface area contributed by atoms with Crippen molar-refractivity contribution in [3.63, 3.8) is 0 Å². The third-order valence-electron chi connectivity index (χ3n) is 2.14. The van der Waals surface area contributed by atoms with E-state index < -0.39 is 0 Å². The monoisotopic (exact) mass is 160 g/mol. The quantitative estimate of drug-likeness (QED) is 0.621. The number of hydrogen-bond donors (Lipinski definition) is 0. The Morgan fingerprint density at radius 2 is 2.00 bits per heavy atom. The van der Waals surface area contributed by atoms with Crippen LogP contribution in [0.2, 0.25) is 0 Å². The second-order valence-electron chi connectivity index (χ2n) is 3.37. The Labute approximate surface area is 72.0 Å². The average molecular weight is 160 g/mol. The molecule has 2 aromatic rings. The minimum Gasteiger partial charge on any atom is -0.464 e. The van der Waals surface area contributed by atoms with Crippen LogP contribution in [0.1, 0.15) is 25.3 Å². The molecule has 1 heteroatoms. The van der Waals surface area contributed by atoms with Crippen LogP contribution < -0.4 is 0 Å². The van der Waals surface area contributed by atoms with E-state index in [4.69, 9.17) is 4.42 Å². The molecule has 1 aromatic heterocycles. The molecule has 62 valence electrons. The lowest BCUT2D eigenvalue weighted by molar-refractivity contribution is 0.615. The van der Waals surface area contributed by atoms with Gasteiger partial charge in [0.15, 0.2) is 0 Å². The standard InChI is InChI=1S/C11H12O/c1-8(2)9-3-4-11-10(7-9)5-6-12-11/h3-8H,1-2H3. The van der Waals surface area contributed by atoms with Gasteiger partial charge < -0.3 is 4.42 Å². The van der Waals surface area contributed by atoms with Crippen LogP contribution in [0.15, 0.2) is 34.9 Å². The molecule has 0 unspecified atom stereocenters. The lowest BCUT2D eigenvalue weighted by Crippen LogP contribution is -1.84. The number of benzene rings is 1. The summed E-state index contributed by atoms with van der Waals surface area (Å²) in [6.45, 7) is 4.39. The molecule has 2 rings (SSSR count). The first-order chi connectivity index (χ1) is 5.77. The Morgan fingerprint density at radius 3 is 2.75 bits per heavy atom. The Hall–Kier alpha value is -1.24. The summed E-state index contributed by atoms with van der Waals surface area (Å²) in [4.78, 5) is 0. The van der Waals surface area contributed by atoms with Crippen molar-refractivity contribution >= 4 is 11.0 Å². The van der Waals surface area contributed by atoms with E-state index in [9.17, 15) is 0 Å². The first-order valence-corrected chi connectivity index (χ1v) is 4.24. The van der Waals surface area contributed by atoms with Gasteiger partial charge in [0, 0.05) is 5.39 Å². The van der Waals surface area contributed by atoms with Gasteiger partial charge in [-0.1, -0.05) is 19.9 Å². The molecule has 0 bridgehead atoms. The van der Waals surface area contributed by atoms with E-state index >= 15 is 0 Å². The zero-order valence-electron chi connectivity index (χ0n) is 7.37. The summed E-state index contributed by atoms with van der Waals surface area (Å²) in [6, 6.07) is 8.34. The predicted molar refractivity (Wildman–Crippen MR) is 50.3 cm³/mol. The third-order valence-corrected chi connectivity index (χ3v) is 2.14. The van der Waals surface area contributed by atoms with Crippen LogP contribution in [0.3, 0.4) is 0 Å². The maximum absolute atomic E-state index is 5.25. The van der Waals surface area contributed by atoms with Gasteiger partial charge in [0.25, 0.3) is 0 Å². The lowest BCUT2D eigenvalue weighted by Gasteiger charge is -2.03. The van der Waals surface area contributed by atoms with Crippen LogP contribution in [-0.4, -0.2) is 0 Å². The summed E-state index contributed by atoms with van der Waals surface area (Å²) < 4.78 is 5.25. The van der Waals surface area contributed by atoms with Crippen molar-refractivity contribution in [3.05, 3.63) is 36.1 Å². The van der Waals surface area contributed by atoms with Crippen molar-refractivity contribution < 1.29 is 4.42 Å². The second-order valence-corrected chi connectivity index (χ2v) is 3.37. The molecule has 0 amide bonds. The predicted octanol–water partition coefficient (Wildman–Crippen LogP) is 3.56. The molecular formula is C11H12O. The zero-order chi connectivity index (χ0) is 8.55. The highest BCUT2D eigenvalue weighted by molar-refractivity contribution is 5.77. The Morgan fingerprint density at radius 1 is 1.17 bits per heavy atom. The fourth-order valence-electron chi connectivity index (χ4n) is 1.34. The number of fused-ring (bicyclic) bond motifs is 1. The average Bonchev–Trinajstić information content (AvgIpc) is 2.49. The highest BCUT2D eigenvalue weighted by Gasteiger charge is 2.01. The number of furan rings is 1. The van der Waals surface area contributed by atoms with Crippen LogP contribution in [0.25, 0.3) is 11.0 Å². The summed E-state index contributed by atoms with van der Waals surface area (Å²) in [5.41, 5.74) is 2.34. The van der Waals surface area contributed by atoms with E-state index in [-0.39, 0.29) is 0 Å². The van der Waals surface area contributed by atoms with Gasteiger partial charge in [0.05, 0.1) is 6.26 Å². The lowest BCUT2D eigenvalue weighted by atomic mass is 10.0. The van der Waals surface area contributed by atoms with Crippen molar-refractivity contribution in [2.75, 3.05) is 0 Å². The maximum atomic E-state index is 5.25. The van der Waals surface area contributed by atoms with E-state index in [1.54, 1.807) is 6.26 Å². The van der Waals surface area contributed by atoms with Crippen LogP contribution in [0.4, 0.5) is 0 Å². The molecule has 0 aliphatic carbocycles. The van der Waals surface area contributed by atoms with Crippen molar-refractivity contribution in [1.82, 2.24) is 0 Å². The Bertz CT molecular complexity index is 385. The smallest absolute Gasteiger partial charge is 0.133 e. The van der Waals surface area contributed by atoms with Crippen molar-refractivity contribution in [2.45, 2.75) is 19.8 Å². The fraction of sp³-hybridized carbons (Fsp3) is 0.273. The fourth-order valence-corrected chi connectivity index (χ4v) is 1.34. The van der Waals surface area contributed by atoms with E-state index in [0.29, 0.717) is 5.92 Å². The molecule has 1 nitrogen and oxygen atoms in total. The highest BCUT2D eigenvalue weighted by Crippen LogP contribution is 2.21. The van der Waals surface area contributed by atoms with Gasteiger partial charge in [0.2, 0.25) is 0 Å². The molecule has 12 heavy (non-hydrogen) atoms. The van der Waals surface area contributed by atoms with Crippen LogP contribution >= 0.6 is 0 Å². The van der Waals surface area contributed by atoms with Gasteiger partial charge >= 0.3 is 0 Å². The number of hydrogen-bond acceptors (Lipinski definition) is 1. The molecule has 1 heterocycles. The Kier molecular flexibility index (Phi) is 1.65. The van der Waals surface area contributed by atoms with Crippen LogP contribution in [0, 0.1) is 0 Å². The first kappa shape index (κ1) is 7.41. The third kappa shape index (κ3) is 1.11. The van der Waals surface area contributed by atoms with E-state index in [0.717, 1.165) is 5.58 Å². The van der Waals surface area contributed by atoms with E-state index in [2.05, 4.69) is 26.0 Å². The summed E-state index contributed by atoms with van der Waals surface area (Å²) in [5.74, 6) is 0.587. The highest BCUT2D eigenvalue weighted by atomic mass is 16.3. The molecule has 1 aromatic carbocycles. The summed E-state index contributed by atoms with van der Waals surface area (Å²) in [5, 5.41) is 1.20. The largest absolute Gasteiger partial charge is 0.464 e. The van der Waals surface area contributed by atoms with E-state index in [1.165, 1.54) is 10.9 Å². The molecule has 0 atom stereocenters. The number of rotatable bonds is 1. The molecule has 0 spiro atoms. The second kappa shape index (κ2) is 2.67. The van der Waals surface area contributed by atoms with E-state index in [1.807, 2.05) is 12.1 Å². The minimum atomic E-state index is 0.587. The molecule has 0 saturated carbocycles. The van der Waals surface area contributed by atoms with Crippen molar-refractivity contribution in [3.8, 4) is 0 Å². The zero-order valence-corrected chi connectivity index (χ0v) is 7.37. The topological polar surface area (TPSA) is 13.1 Å². The molecule has 0 radical (unpaired) electrons. The SMILES string of the molecule is CC(C)c1ccc2occc2c1. The summed E-state index contributed by atoms with van der Waals surface area (Å²) in [7, 11) is 0. The molecule has 0 fully saturated rings. The van der Waals surface area contributed by atoms with Gasteiger partial charge in [0.1, 0.15) is 5.58 Å². The van der Waals surface area contributed by atoms with Crippen LogP contribution in [-0.2, 0) is 0 Å². The molecular weight excluding hydrogens is 148 g/mol. The van der Waals surface area contributed by atoms with Crippen molar-refractivity contribution in [1.29, 1.82) is 0 Å². The molecule has 0 saturated heterocycles. The molecule has 0 aliphatic rings. The van der Waals surface area contributed by atoms with Gasteiger partial charge in [-0.15, -0.1) is 0 Å². The van der Waals surface area contributed by atoms with Crippen molar-refractivity contribution in [2.24, 2.45) is 0 Å². The summed E-state index contributed by atoms with van der Waals surface area (Å²) in [6.07, 6.45) is 1.73. The van der Waals surface area contributed by atoms with Gasteiger partial charge in [-0.2, -0.15) is 0 Å². The normalized spacial score (nSPS) is 11.2. The molecule has 0 N–H and O–H groups in total. The Balaban J connectivity index is 2.60. The van der Waals surface area contributed by atoms with Gasteiger partial charge in [-0.3, -0.25) is 0 Å².